The van der Waals surface area contributed by atoms with E-state index in [1.54, 1.807) is 0 Å². The molecule has 2 atom stereocenters. The number of hydrogen-bond donors (Lipinski definition) is 0. The molecule has 2 aliphatic heterocycles. The summed E-state index contributed by atoms with van der Waals surface area (Å²) in [5.74, 6) is 0.236. The van der Waals surface area contributed by atoms with E-state index in [9.17, 15) is 0 Å². The number of nitrogens with zero attached hydrogens (tertiary/aromatic N) is 2. The highest BCUT2D eigenvalue weighted by Gasteiger charge is 2.27. The highest BCUT2D eigenvalue weighted by Crippen LogP contribution is 2.50. The van der Waals surface area contributed by atoms with Crippen LogP contribution in [0, 0.1) is 5.92 Å². The summed E-state index contributed by atoms with van der Waals surface area (Å²) in [6.07, 6.45) is 1.92. The first-order chi connectivity index (χ1) is 22.7. The zero-order chi connectivity index (χ0) is 30.6. The first-order valence-electron chi connectivity index (χ1n) is 15.9. The molecular weight excluding hydrogens is 577 g/mol. The summed E-state index contributed by atoms with van der Waals surface area (Å²) in [4.78, 5) is 12.6. The summed E-state index contributed by atoms with van der Waals surface area (Å²) in [5, 5.41) is 3.55. The summed E-state index contributed by atoms with van der Waals surface area (Å²) >= 11 is 1.84. The summed E-state index contributed by atoms with van der Waals surface area (Å²) in [6, 6.07) is 52.7. The lowest BCUT2D eigenvalue weighted by molar-refractivity contribution is 0.557. The number of fused-ring (bicyclic) bond motifs is 3. The van der Waals surface area contributed by atoms with Gasteiger partial charge in [-0.1, -0.05) is 134 Å². The van der Waals surface area contributed by atoms with Crippen molar-refractivity contribution >= 4 is 28.2 Å². The van der Waals surface area contributed by atoms with E-state index in [1.165, 1.54) is 70.5 Å². The number of hydrogen-bond acceptors (Lipinski definition) is 3. The maximum Gasteiger partial charge on any atom is 0.0822 e. The van der Waals surface area contributed by atoms with Gasteiger partial charge in [0.15, 0.2) is 0 Å². The van der Waals surface area contributed by atoms with Crippen LogP contribution < -0.4 is 10.6 Å². The molecule has 3 heterocycles. The van der Waals surface area contributed by atoms with Gasteiger partial charge in [-0.3, -0.25) is 9.98 Å². The van der Waals surface area contributed by atoms with Crippen molar-refractivity contribution in [3.8, 4) is 33.4 Å². The smallest absolute Gasteiger partial charge is 0.0822 e. The van der Waals surface area contributed by atoms with Crippen molar-refractivity contribution in [3.63, 3.8) is 0 Å². The lowest BCUT2D eigenvalue weighted by atomic mass is 9.81. The lowest BCUT2D eigenvalue weighted by Gasteiger charge is -2.28. The SMILES string of the molecule is CC1C(c2ccccc2)=c2ccccc2=NC1c1cccc(-c2ccc(-c3ccc4nccc5c4c3-c3ccccc3S5)cc2)c1. The molecule has 0 amide bonds. The Balaban J connectivity index is 1.10. The minimum Gasteiger partial charge on any atom is -0.276 e. The van der Waals surface area contributed by atoms with Gasteiger partial charge in [0.05, 0.1) is 16.9 Å². The third-order valence-corrected chi connectivity index (χ3v) is 10.6. The second kappa shape index (κ2) is 11.0. The van der Waals surface area contributed by atoms with Gasteiger partial charge >= 0.3 is 0 Å². The molecule has 2 nitrogen and oxygen atoms in total. The Morgan fingerprint density at radius 1 is 0.565 bits per heavy atom. The molecule has 0 bridgehead atoms. The maximum absolute atomic E-state index is 5.31. The Morgan fingerprint density at radius 3 is 2.22 bits per heavy atom. The number of pyridine rings is 1. The van der Waals surface area contributed by atoms with Crippen LogP contribution in [0.5, 0.6) is 0 Å². The first kappa shape index (κ1) is 27.1. The van der Waals surface area contributed by atoms with Crippen LogP contribution in [0.4, 0.5) is 0 Å². The number of para-hydroxylation sites is 1. The molecular formula is C43H30N2S. The fraction of sp³-hybridized carbons (Fsp3) is 0.0698. The van der Waals surface area contributed by atoms with E-state index in [-0.39, 0.29) is 12.0 Å². The highest BCUT2D eigenvalue weighted by molar-refractivity contribution is 7.99. The van der Waals surface area contributed by atoms with E-state index >= 15 is 0 Å². The number of aromatic nitrogens is 1. The minimum atomic E-state index is 0.0378. The van der Waals surface area contributed by atoms with Crippen LogP contribution >= 0.6 is 11.8 Å². The van der Waals surface area contributed by atoms with Crippen molar-refractivity contribution in [1.29, 1.82) is 0 Å². The van der Waals surface area contributed by atoms with Gasteiger partial charge in [0.2, 0.25) is 0 Å². The molecule has 46 heavy (non-hydrogen) atoms. The predicted molar refractivity (Wildman–Crippen MR) is 190 cm³/mol. The van der Waals surface area contributed by atoms with Gasteiger partial charge < -0.3 is 0 Å². The average Bonchev–Trinajstić information content (AvgIpc) is 3.12. The van der Waals surface area contributed by atoms with Crippen molar-refractivity contribution in [2.75, 3.05) is 0 Å². The van der Waals surface area contributed by atoms with Gasteiger partial charge in [-0.05, 0) is 74.8 Å². The first-order valence-corrected chi connectivity index (χ1v) is 16.7. The van der Waals surface area contributed by atoms with E-state index in [4.69, 9.17) is 9.98 Å². The molecule has 9 rings (SSSR count). The standard InChI is InChI=1S/C43H30N2S/c1-27-40(30-10-3-2-4-11-30)34-14-5-7-16-36(34)45-43(27)32-13-9-12-31(26-32)28-18-20-29(21-19-28)33-22-23-37-42-39(24-25-44-37)46-38-17-8-6-15-35(38)41(33)42/h2-27,43H,1H3. The molecule has 0 aliphatic carbocycles. The van der Waals surface area contributed by atoms with E-state index in [1.807, 2.05) is 18.0 Å². The van der Waals surface area contributed by atoms with Crippen molar-refractivity contribution < 1.29 is 0 Å². The van der Waals surface area contributed by atoms with Crippen molar-refractivity contribution in [3.05, 3.63) is 173 Å². The Bertz CT molecular complexity index is 2410. The molecule has 0 saturated heterocycles. The van der Waals surface area contributed by atoms with Gasteiger partial charge in [-0.2, -0.15) is 0 Å². The predicted octanol–water partition coefficient (Wildman–Crippen LogP) is 9.91. The van der Waals surface area contributed by atoms with E-state index in [0.717, 1.165) is 10.9 Å². The van der Waals surface area contributed by atoms with E-state index in [2.05, 4.69) is 153 Å². The summed E-state index contributed by atoms with van der Waals surface area (Å²) in [5.41, 5.74) is 12.3. The molecule has 2 unspecified atom stereocenters. The zero-order valence-electron chi connectivity index (χ0n) is 25.4. The van der Waals surface area contributed by atoms with Crippen LogP contribution in [0.3, 0.4) is 0 Å². The van der Waals surface area contributed by atoms with Gasteiger partial charge in [-0.15, -0.1) is 0 Å². The van der Waals surface area contributed by atoms with Crippen molar-refractivity contribution in [1.82, 2.24) is 4.98 Å². The summed E-state index contributed by atoms with van der Waals surface area (Å²) < 4.78 is 0. The fourth-order valence-corrected chi connectivity index (χ4v) is 8.43. The Hall–Kier alpha value is -5.25. The van der Waals surface area contributed by atoms with Crippen LogP contribution in [0.25, 0.3) is 49.9 Å². The van der Waals surface area contributed by atoms with E-state index in [0.29, 0.717) is 0 Å². The summed E-state index contributed by atoms with van der Waals surface area (Å²) in [7, 11) is 0. The maximum atomic E-state index is 5.31. The van der Waals surface area contributed by atoms with Gasteiger partial charge in [0.25, 0.3) is 0 Å². The van der Waals surface area contributed by atoms with Crippen molar-refractivity contribution in [2.24, 2.45) is 10.9 Å². The third-order valence-electron chi connectivity index (χ3n) is 9.49. The molecule has 0 N–H and O–H groups in total. The monoisotopic (exact) mass is 606 g/mol. The molecule has 0 fully saturated rings. The lowest BCUT2D eigenvalue weighted by Crippen LogP contribution is -2.35. The number of rotatable bonds is 4. The third kappa shape index (κ3) is 4.42. The molecule has 6 aromatic carbocycles. The average molecular weight is 607 g/mol. The van der Waals surface area contributed by atoms with Crippen LogP contribution in [-0.2, 0) is 0 Å². The second-order valence-corrected chi connectivity index (χ2v) is 13.2. The molecule has 218 valence electrons. The largest absolute Gasteiger partial charge is 0.276 e. The normalized spacial score (nSPS) is 16.4. The van der Waals surface area contributed by atoms with Crippen molar-refractivity contribution in [2.45, 2.75) is 22.8 Å². The fourth-order valence-electron chi connectivity index (χ4n) is 7.33. The summed E-state index contributed by atoms with van der Waals surface area (Å²) in [6.45, 7) is 2.32. The zero-order valence-corrected chi connectivity index (χ0v) is 26.2. The van der Waals surface area contributed by atoms with Gasteiger partial charge in [0, 0.05) is 38.1 Å². The highest BCUT2D eigenvalue weighted by atomic mass is 32.2. The van der Waals surface area contributed by atoms with Crippen LogP contribution in [0.2, 0.25) is 0 Å². The molecule has 0 radical (unpaired) electrons. The van der Waals surface area contributed by atoms with Crippen LogP contribution in [0.15, 0.2) is 167 Å². The molecule has 0 spiro atoms. The van der Waals surface area contributed by atoms with Gasteiger partial charge in [-0.25, -0.2) is 0 Å². The molecule has 1 aromatic heterocycles. The Kier molecular flexibility index (Phi) is 6.46. The Labute approximate surface area is 272 Å². The van der Waals surface area contributed by atoms with E-state index < -0.39 is 0 Å². The minimum absolute atomic E-state index is 0.0378. The van der Waals surface area contributed by atoms with Crippen LogP contribution in [-0.4, -0.2) is 4.98 Å². The molecule has 2 aliphatic rings. The second-order valence-electron chi connectivity index (χ2n) is 12.2. The Morgan fingerprint density at radius 2 is 1.33 bits per heavy atom. The number of benzene rings is 6. The molecule has 3 heteroatoms. The molecule has 0 saturated carbocycles. The molecule has 7 aromatic rings. The van der Waals surface area contributed by atoms with Gasteiger partial charge in [0.1, 0.15) is 0 Å². The van der Waals surface area contributed by atoms with Crippen LogP contribution in [0.1, 0.15) is 24.1 Å². The topological polar surface area (TPSA) is 25.2 Å². The quantitative estimate of drug-likeness (QED) is 0.199.